The second-order valence-corrected chi connectivity index (χ2v) is 6.02. The number of anilines is 2. The first-order valence-corrected chi connectivity index (χ1v) is 6.96. The van der Waals surface area contributed by atoms with Crippen LogP contribution in [-0.2, 0) is 10.2 Å². The SMILES string of the molecule is COC(=O)c1cccc(Nc2ccc(C(C)(C)C)cc2)c1. The average Bonchev–Trinajstić information content (AvgIpc) is 2.46. The number of benzene rings is 2. The van der Waals surface area contributed by atoms with Gasteiger partial charge in [-0.25, -0.2) is 4.79 Å². The van der Waals surface area contributed by atoms with Crippen molar-refractivity contribution >= 4 is 17.3 Å². The molecule has 110 valence electrons. The Bertz CT molecular complexity index is 624. The number of rotatable bonds is 3. The molecule has 0 spiro atoms. The third-order valence-electron chi connectivity index (χ3n) is 3.32. The van der Waals surface area contributed by atoms with E-state index in [1.54, 1.807) is 12.1 Å². The molecule has 0 aromatic heterocycles. The number of carbonyl (C=O) groups excluding carboxylic acids is 1. The molecule has 0 radical (unpaired) electrons. The Labute approximate surface area is 126 Å². The van der Waals surface area contributed by atoms with Crippen LogP contribution in [0.15, 0.2) is 48.5 Å². The van der Waals surface area contributed by atoms with E-state index in [1.165, 1.54) is 12.7 Å². The fourth-order valence-electron chi connectivity index (χ4n) is 2.06. The van der Waals surface area contributed by atoms with E-state index in [-0.39, 0.29) is 11.4 Å². The van der Waals surface area contributed by atoms with Crippen molar-refractivity contribution in [3.05, 3.63) is 59.7 Å². The Hall–Kier alpha value is -2.29. The van der Waals surface area contributed by atoms with E-state index < -0.39 is 0 Å². The van der Waals surface area contributed by atoms with Crippen molar-refractivity contribution < 1.29 is 9.53 Å². The summed E-state index contributed by atoms with van der Waals surface area (Å²) in [5.41, 5.74) is 3.82. The van der Waals surface area contributed by atoms with Gasteiger partial charge in [0.1, 0.15) is 0 Å². The monoisotopic (exact) mass is 283 g/mol. The zero-order valence-corrected chi connectivity index (χ0v) is 12.9. The highest BCUT2D eigenvalue weighted by molar-refractivity contribution is 5.90. The van der Waals surface area contributed by atoms with Crippen LogP contribution in [0.4, 0.5) is 11.4 Å². The Kier molecular flexibility index (Phi) is 4.32. The number of ether oxygens (including phenoxy) is 1. The quantitative estimate of drug-likeness (QED) is 0.842. The van der Waals surface area contributed by atoms with Crippen molar-refractivity contribution in [1.82, 2.24) is 0 Å². The van der Waals surface area contributed by atoms with Crippen LogP contribution >= 0.6 is 0 Å². The molecule has 0 fully saturated rings. The predicted molar refractivity (Wildman–Crippen MR) is 86.2 cm³/mol. The predicted octanol–water partition coefficient (Wildman–Crippen LogP) is 4.51. The van der Waals surface area contributed by atoms with E-state index in [0.717, 1.165) is 11.4 Å². The molecular weight excluding hydrogens is 262 g/mol. The molecule has 0 atom stereocenters. The lowest BCUT2D eigenvalue weighted by molar-refractivity contribution is 0.0601. The standard InChI is InChI=1S/C18H21NO2/c1-18(2,3)14-8-10-15(11-9-14)19-16-7-5-6-13(12-16)17(20)21-4/h5-12,19H,1-4H3. The van der Waals surface area contributed by atoms with Crippen LogP contribution < -0.4 is 5.32 Å². The topological polar surface area (TPSA) is 38.3 Å². The molecule has 2 rings (SSSR count). The molecule has 0 amide bonds. The zero-order chi connectivity index (χ0) is 15.5. The van der Waals surface area contributed by atoms with Gasteiger partial charge in [0.15, 0.2) is 0 Å². The van der Waals surface area contributed by atoms with E-state index >= 15 is 0 Å². The Balaban J connectivity index is 2.17. The van der Waals surface area contributed by atoms with Crippen LogP contribution in [0, 0.1) is 0 Å². The summed E-state index contributed by atoms with van der Waals surface area (Å²) >= 11 is 0. The lowest BCUT2D eigenvalue weighted by Crippen LogP contribution is -2.10. The van der Waals surface area contributed by atoms with Crippen LogP contribution in [0.25, 0.3) is 0 Å². The van der Waals surface area contributed by atoms with Crippen molar-refractivity contribution in [3.63, 3.8) is 0 Å². The number of hydrogen-bond acceptors (Lipinski definition) is 3. The maximum Gasteiger partial charge on any atom is 0.337 e. The molecule has 0 unspecified atom stereocenters. The first-order valence-electron chi connectivity index (χ1n) is 6.96. The van der Waals surface area contributed by atoms with Gasteiger partial charge in [0.2, 0.25) is 0 Å². The molecule has 0 saturated carbocycles. The summed E-state index contributed by atoms with van der Waals surface area (Å²) in [5, 5.41) is 3.29. The largest absolute Gasteiger partial charge is 0.465 e. The smallest absolute Gasteiger partial charge is 0.337 e. The van der Waals surface area contributed by atoms with Crippen molar-refractivity contribution in [2.24, 2.45) is 0 Å². The molecule has 21 heavy (non-hydrogen) atoms. The fraction of sp³-hybridized carbons (Fsp3) is 0.278. The van der Waals surface area contributed by atoms with Gasteiger partial charge in [-0.2, -0.15) is 0 Å². The highest BCUT2D eigenvalue weighted by Crippen LogP contribution is 2.25. The highest BCUT2D eigenvalue weighted by atomic mass is 16.5. The molecular formula is C18H21NO2. The summed E-state index contributed by atoms with van der Waals surface area (Å²) < 4.78 is 4.73. The summed E-state index contributed by atoms with van der Waals surface area (Å²) in [6.45, 7) is 6.57. The van der Waals surface area contributed by atoms with Gasteiger partial charge in [0, 0.05) is 11.4 Å². The number of methoxy groups -OCH3 is 1. The van der Waals surface area contributed by atoms with Crippen LogP contribution in [0.1, 0.15) is 36.7 Å². The van der Waals surface area contributed by atoms with E-state index in [9.17, 15) is 4.79 Å². The molecule has 0 heterocycles. The van der Waals surface area contributed by atoms with Crippen LogP contribution in [0.2, 0.25) is 0 Å². The molecule has 3 nitrogen and oxygen atoms in total. The van der Waals surface area contributed by atoms with Crippen LogP contribution in [0.3, 0.4) is 0 Å². The van der Waals surface area contributed by atoms with Gasteiger partial charge in [0.25, 0.3) is 0 Å². The first-order chi connectivity index (χ1) is 9.90. The second kappa shape index (κ2) is 6.00. The van der Waals surface area contributed by atoms with Crippen molar-refractivity contribution in [1.29, 1.82) is 0 Å². The van der Waals surface area contributed by atoms with Gasteiger partial charge in [-0.15, -0.1) is 0 Å². The molecule has 0 aliphatic rings. The second-order valence-electron chi connectivity index (χ2n) is 6.02. The Morgan fingerprint density at radius 1 is 1.00 bits per heavy atom. The average molecular weight is 283 g/mol. The van der Waals surface area contributed by atoms with Crippen molar-refractivity contribution in [3.8, 4) is 0 Å². The lowest BCUT2D eigenvalue weighted by atomic mass is 9.87. The third-order valence-corrected chi connectivity index (χ3v) is 3.32. The minimum Gasteiger partial charge on any atom is -0.465 e. The van der Waals surface area contributed by atoms with Gasteiger partial charge in [-0.1, -0.05) is 39.0 Å². The molecule has 0 aliphatic carbocycles. The summed E-state index contributed by atoms with van der Waals surface area (Å²) in [7, 11) is 1.38. The van der Waals surface area contributed by atoms with E-state index in [0.29, 0.717) is 5.56 Å². The van der Waals surface area contributed by atoms with Crippen molar-refractivity contribution in [2.45, 2.75) is 26.2 Å². The van der Waals surface area contributed by atoms with Gasteiger partial charge in [-0.05, 0) is 41.3 Å². The summed E-state index contributed by atoms with van der Waals surface area (Å²) in [5.74, 6) is -0.332. The van der Waals surface area contributed by atoms with E-state index in [1.807, 2.05) is 24.3 Å². The normalized spacial score (nSPS) is 11.0. The van der Waals surface area contributed by atoms with Gasteiger partial charge in [-0.3, -0.25) is 0 Å². The third kappa shape index (κ3) is 3.85. The fourth-order valence-corrected chi connectivity index (χ4v) is 2.06. The minimum absolute atomic E-state index is 0.142. The molecule has 0 aliphatic heterocycles. The maximum atomic E-state index is 11.5. The summed E-state index contributed by atoms with van der Waals surface area (Å²) in [6.07, 6.45) is 0. The van der Waals surface area contributed by atoms with E-state index in [4.69, 9.17) is 4.74 Å². The van der Waals surface area contributed by atoms with Gasteiger partial charge >= 0.3 is 5.97 Å². The number of nitrogens with one attached hydrogen (secondary N) is 1. The van der Waals surface area contributed by atoms with Gasteiger partial charge in [0.05, 0.1) is 12.7 Å². The lowest BCUT2D eigenvalue weighted by Gasteiger charge is -2.19. The molecule has 2 aromatic carbocycles. The highest BCUT2D eigenvalue weighted by Gasteiger charge is 2.12. The van der Waals surface area contributed by atoms with Crippen molar-refractivity contribution in [2.75, 3.05) is 12.4 Å². The Morgan fingerprint density at radius 2 is 1.67 bits per heavy atom. The maximum absolute atomic E-state index is 11.5. The zero-order valence-electron chi connectivity index (χ0n) is 12.9. The summed E-state index contributed by atoms with van der Waals surface area (Å²) in [6, 6.07) is 15.6. The number of esters is 1. The van der Waals surface area contributed by atoms with Gasteiger partial charge < -0.3 is 10.1 Å². The molecule has 0 saturated heterocycles. The first kappa shape index (κ1) is 15.1. The van der Waals surface area contributed by atoms with Crippen LogP contribution in [-0.4, -0.2) is 13.1 Å². The number of carbonyl (C=O) groups is 1. The summed E-state index contributed by atoms with van der Waals surface area (Å²) in [4.78, 5) is 11.5. The molecule has 0 bridgehead atoms. The number of hydrogen-bond donors (Lipinski definition) is 1. The molecule has 3 heteroatoms. The van der Waals surface area contributed by atoms with E-state index in [2.05, 4.69) is 38.2 Å². The molecule has 1 N–H and O–H groups in total. The van der Waals surface area contributed by atoms with Crippen LogP contribution in [0.5, 0.6) is 0 Å². The Morgan fingerprint density at radius 3 is 2.24 bits per heavy atom. The minimum atomic E-state index is -0.332. The molecule has 2 aromatic rings.